The number of allylic oxidation sites excluding steroid dienone is 1. The van der Waals surface area contributed by atoms with E-state index in [0.717, 1.165) is 63.7 Å². The molecule has 158 valence electrons. The van der Waals surface area contributed by atoms with E-state index in [-0.39, 0.29) is 11.4 Å². The SMILES string of the molecule is CC1CCC(C23CCC(COC45CCC(C)(CC4)CC5)(CC2)C(F)=C3F)CC1. The van der Waals surface area contributed by atoms with E-state index in [4.69, 9.17) is 4.74 Å². The third-order valence-electron chi connectivity index (χ3n) is 10.2. The molecule has 3 heteroatoms. The lowest BCUT2D eigenvalue weighted by Crippen LogP contribution is -2.52. The lowest BCUT2D eigenvalue weighted by atomic mass is 9.51. The molecule has 28 heavy (non-hydrogen) atoms. The number of hydrogen-bond donors (Lipinski definition) is 0. The number of hydrogen-bond acceptors (Lipinski definition) is 1. The molecule has 0 atom stereocenters. The van der Waals surface area contributed by atoms with Gasteiger partial charge in [0, 0.05) is 10.8 Å². The summed E-state index contributed by atoms with van der Waals surface area (Å²) in [6, 6.07) is 0. The van der Waals surface area contributed by atoms with Crippen LogP contribution >= 0.6 is 0 Å². The highest BCUT2D eigenvalue weighted by molar-refractivity contribution is 5.28. The molecule has 7 rings (SSSR count). The maximum atomic E-state index is 15.5. The van der Waals surface area contributed by atoms with E-state index in [1.165, 1.54) is 32.1 Å². The average molecular weight is 393 g/mol. The van der Waals surface area contributed by atoms with E-state index >= 15 is 8.78 Å². The predicted octanol–water partition coefficient (Wildman–Crippen LogP) is 7.65. The van der Waals surface area contributed by atoms with Gasteiger partial charge in [-0.2, -0.15) is 0 Å². The third kappa shape index (κ3) is 2.85. The number of fused-ring (bicyclic) bond motifs is 5. The lowest BCUT2D eigenvalue weighted by molar-refractivity contribution is -0.163. The standard InChI is InChI=1S/C25H38F2O/c1-18-3-5-19(6-4-18)25-15-10-23(11-16-25,20(26)21(25)27)17-28-24-12-7-22(2,8-13-24)9-14-24/h18-19H,3-17H2,1-2H3. The molecule has 0 amide bonds. The summed E-state index contributed by atoms with van der Waals surface area (Å²) in [4.78, 5) is 0. The molecule has 0 heterocycles. The minimum Gasteiger partial charge on any atom is -0.374 e. The van der Waals surface area contributed by atoms with Crippen LogP contribution in [0.15, 0.2) is 11.7 Å². The van der Waals surface area contributed by atoms with Crippen molar-refractivity contribution in [3.63, 3.8) is 0 Å². The van der Waals surface area contributed by atoms with Crippen molar-refractivity contribution in [2.24, 2.45) is 28.1 Å². The maximum absolute atomic E-state index is 15.5. The lowest BCUT2D eigenvalue weighted by Gasteiger charge is -2.56. The second kappa shape index (κ2) is 6.53. The monoisotopic (exact) mass is 392 g/mol. The highest BCUT2D eigenvalue weighted by Gasteiger charge is 2.59. The molecule has 0 unspecified atom stereocenters. The van der Waals surface area contributed by atoms with Gasteiger partial charge in [-0.1, -0.05) is 26.7 Å². The predicted molar refractivity (Wildman–Crippen MR) is 108 cm³/mol. The summed E-state index contributed by atoms with van der Waals surface area (Å²) in [5, 5.41) is 0. The van der Waals surface area contributed by atoms with E-state index in [1.807, 2.05) is 0 Å². The van der Waals surface area contributed by atoms with Crippen molar-refractivity contribution < 1.29 is 13.5 Å². The molecule has 0 spiro atoms. The first kappa shape index (κ1) is 19.5. The Kier molecular flexibility index (Phi) is 4.55. The third-order valence-corrected chi connectivity index (χ3v) is 10.2. The van der Waals surface area contributed by atoms with E-state index in [1.54, 1.807) is 0 Å². The Bertz CT molecular complexity index is 625. The molecule has 0 radical (unpaired) electrons. The van der Waals surface area contributed by atoms with Crippen LogP contribution in [0, 0.1) is 28.1 Å². The molecule has 0 aromatic carbocycles. The van der Waals surface area contributed by atoms with Crippen LogP contribution in [0.2, 0.25) is 0 Å². The zero-order valence-electron chi connectivity index (χ0n) is 17.9. The van der Waals surface area contributed by atoms with E-state index in [0.29, 0.717) is 17.9 Å². The Hall–Kier alpha value is -0.440. The van der Waals surface area contributed by atoms with E-state index in [2.05, 4.69) is 13.8 Å². The smallest absolute Gasteiger partial charge is 0.140 e. The molecule has 0 aromatic rings. The van der Waals surface area contributed by atoms with Crippen LogP contribution in [-0.2, 0) is 4.74 Å². The molecule has 0 saturated heterocycles. The molecule has 0 N–H and O–H groups in total. The summed E-state index contributed by atoms with van der Waals surface area (Å²) in [5.74, 6) is 0.305. The Morgan fingerprint density at radius 3 is 1.93 bits per heavy atom. The first-order valence-electron chi connectivity index (χ1n) is 12.0. The van der Waals surface area contributed by atoms with Gasteiger partial charge in [0.1, 0.15) is 11.7 Å². The second-order valence-electron chi connectivity index (χ2n) is 11.8. The van der Waals surface area contributed by atoms with Crippen LogP contribution < -0.4 is 0 Å². The maximum Gasteiger partial charge on any atom is 0.140 e. The van der Waals surface area contributed by atoms with Gasteiger partial charge >= 0.3 is 0 Å². The van der Waals surface area contributed by atoms with Gasteiger partial charge in [0.25, 0.3) is 0 Å². The van der Waals surface area contributed by atoms with E-state index < -0.39 is 16.7 Å². The number of ether oxygens (including phenoxy) is 1. The Balaban J connectivity index is 1.32. The largest absolute Gasteiger partial charge is 0.374 e. The van der Waals surface area contributed by atoms with Gasteiger partial charge in [-0.05, 0) is 94.3 Å². The summed E-state index contributed by atoms with van der Waals surface area (Å²) in [7, 11) is 0. The first-order valence-corrected chi connectivity index (χ1v) is 12.0. The van der Waals surface area contributed by atoms with Crippen molar-refractivity contribution in [2.45, 2.75) is 109 Å². The molecule has 5 saturated carbocycles. The van der Waals surface area contributed by atoms with Gasteiger partial charge in [0.05, 0.1) is 12.2 Å². The molecule has 7 aliphatic carbocycles. The van der Waals surface area contributed by atoms with E-state index in [9.17, 15) is 0 Å². The Morgan fingerprint density at radius 2 is 1.36 bits per heavy atom. The van der Waals surface area contributed by atoms with Crippen LogP contribution in [0.3, 0.4) is 0 Å². The van der Waals surface area contributed by atoms with Crippen LogP contribution in [-0.4, -0.2) is 12.2 Å². The van der Waals surface area contributed by atoms with Crippen molar-refractivity contribution in [3.05, 3.63) is 11.7 Å². The Morgan fingerprint density at radius 1 is 0.786 bits per heavy atom. The van der Waals surface area contributed by atoms with Gasteiger partial charge in [-0.15, -0.1) is 0 Å². The normalized spacial score (nSPS) is 51.0. The minimum absolute atomic E-state index is 0.0469. The van der Waals surface area contributed by atoms with Gasteiger partial charge in [0.2, 0.25) is 0 Å². The zero-order chi connectivity index (χ0) is 19.6. The number of rotatable bonds is 4. The minimum atomic E-state index is -0.666. The molecular formula is C25H38F2O. The first-order chi connectivity index (χ1) is 13.3. The molecule has 0 aliphatic heterocycles. The van der Waals surface area contributed by atoms with Crippen molar-refractivity contribution in [2.75, 3.05) is 6.61 Å². The topological polar surface area (TPSA) is 9.23 Å². The zero-order valence-corrected chi connectivity index (χ0v) is 17.9. The van der Waals surface area contributed by atoms with Crippen LogP contribution in [0.1, 0.15) is 104 Å². The number of halogens is 2. The van der Waals surface area contributed by atoms with Crippen molar-refractivity contribution >= 4 is 0 Å². The Labute approximate surface area is 169 Å². The van der Waals surface area contributed by atoms with Crippen molar-refractivity contribution in [1.82, 2.24) is 0 Å². The highest BCUT2D eigenvalue weighted by Crippen LogP contribution is 2.66. The van der Waals surface area contributed by atoms with Crippen molar-refractivity contribution in [3.8, 4) is 0 Å². The summed E-state index contributed by atoms with van der Waals surface area (Å²) < 4.78 is 37.5. The van der Waals surface area contributed by atoms with Gasteiger partial charge in [-0.3, -0.25) is 0 Å². The van der Waals surface area contributed by atoms with Crippen LogP contribution in [0.5, 0.6) is 0 Å². The fourth-order valence-corrected chi connectivity index (χ4v) is 7.52. The van der Waals surface area contributed by atoms with Crippen molar-refractivity contribution in [1.29, 1.82) is 0 Å². The molecular weight excluding hydrogens is 354 g/mol. The van der Waals surface area contributed by atoms with Crippen LogP contribution in [0.25, 0.3) is 0 Å². The molecule has 5 fully saturated rings. The molecule has 4 bridgehead atoms. The second-order valence-corrected chi connectivity index (χ2v) is 11.8. The molecule has 7 aliphatic rings. The molecule has 1 nitrogen and oxygen atoms in total. The summed E-state index contributed by atoms with van der Waals surface area (Å²) in [5.41, 5.74) is -0.690. The van der Waals surface area contributed by atoms with Crippen LogP contribution in [0.4, 0.5) is 8.78 Å². The summed E-state index contributed by atoms with van der Waals surface area (Å²) in [6.07, 6.45) is 14.8. The van der Waals surface area contributed by atoms with Gasteiger partial charge in [-0.25, -0.2) is 8.78 Å². The fourth-order valence-electron chi connectivity index (χ4n) is 7.52. The summed E-state index contributed by atoms with van der Waals surface area (Å²) in [6.45, 7) is 5.10. The van der Waals surface area contributed by atoms with Gasteiger partial charge < -0.3 is 4.74 Å². The fraction of sp³-hybridized carbons (Fsp3) is 0.920. The highest BCUT2D eigenvalue weighted by atomic mass is 19.2. The van der Waals surface area contributed by atoms with Gasteiger partial charge in [0.15, 0.2) is 0 Å². The molecule has 0 aromatic heterocycles. The average Bonchev–Trinajstić information content (AvgIpc) is 2.73. The quantitative estimate of drug-likeness (QED) is 0.477. The summed E-state index contributed by atoms with van der Waals surface area (Å²) >= 11 is 0.